The van der Waals surface area contributed by atoms with Crippen molar-refractivity contribution in [3.63, 3.8) is 0 Å². The van der Waals surface area contributed by atoms with E-state index in [1.165, 1.54) is 0 Å². The minimum atomic E-state index is -0.903. The Kier molecular flexibility index (Phi) is 6.24. The number of aliphatic carboxylic acids is 1. The average Bonchev–Trinajstić information content (AvgIpc) is 2.67. The van der Waals surface area contributed by atoms with E-state index in [2.05, 4.69) is 5.32 Å². The molecule has 1 aliphatic heterocycles. The number of carboxylic acid groups (broad SMARTS) is 1. The predicted octanol–water partition coefficient (Wildman–Crippen LogP) is 3.35. The van der Waals surface area contributed by atoms with Gasteiger partial charge in [0, 0.05) is 25.6 Å². The Hall–Kier alpha value is -2.66. The van der Waals surface area contributed by atoms with E-state index in [1.54, 1.807) is 0 Å². The van der Waals surface area contributed by atoms with E-state index >= 15 is 0 Å². The van der Waals surface area contributed by atoms with Crippen LogP contribution in [-0.2, 0) is 14.3 Å². The van der Waals surface area contributed by atoms with Gasteiger partial charge in [0.1, 0.15) is 0 Å². The maximum atomic E-state index is 12.9. The van der Waals surface area contributed by atoms with Crippen LogP contribution in [0.3, 0.4) is 0 Å². The topological polar surface area (TPSA) is 75.6 Å². The van der Waals surface area contributed by atoms with Crippen molar-refractivity contribution in [1.29, 1.82) is 0 Å². The normalized spacial score (nSPS) is 16.0. The summed E-state index contributed by atoms with van der Waals surface area (Å²) < 4.78 is 5.36. The standard InChI is InChI=1S/C22H25NO4/c24-20(23-22(16-21(25)26)11-13-27-14-12-22)15-19(17-7-3-1-4-8-17)18-9-5-2-6-10-18/h1-10,19H,11-16H2,(H,23,24)(H,25,26). The van der Waals surface area contributed by atoms with Gasteiger partial charge in [0.05, 0.1) is 12.0 Å². The van der Waals surface area contributed by atoms with Crippen LogP contribution in [0.25, 0.3) is 0 Å². The number of carboxylic acids is 1. The third-order valence-corrected chi connectivity index (χ3v) is 5.14. The van der Waals surface area contributed by atoms with Crippen molar-refractivity contribution in [1.82, 2.24) is 5.32 Å². The Bertz CT molecular complexity index is 715. The Balaban J connectivity index is 1.79. The summed E-state index contributed by atoms with van der Waals surface area (Å²) in [4.78, 5) is 24.2. The average molecular weight is 367 g/mol. The Morgan fingerprint density at radius 3 is 1.96 bits per heavy atom. The van der Waals surface area contributed by atoms with Gasteiger partial charge in [-0.2, -0.15) is 0 Å². The number of carbonyl (C=O) groups excluding carboxylic acids is 1. The number of carbonyl (C=O) groups is 2. The van der Waals surface area contributed by atoms with Gasteiger partial charge in [0.2, 0.25) is 5.91 Å². The van der Waals surface area contributed by atoms with E-state index in [0.717, 1.165) is 11.1 Å². The van der Waals surface area contributed by atoms with Gasteiger partial charge in [-0.25, -0.2) is 0 Å². The van der Waals surface area contributed by atoms with Gasteiger partial charge < -0.3 is 15.2 Å². The van der Waals surface area contributed by atoms with Crippen LogP contribution in [0.4, 0.5) is 0 Å². The fourth-order valence-electron chi connectivity index (χ4n) is 3.73. The van der Waals surface area contributed by atoms with E-state index in [1.807, 2.05) is 60.7 Å². The number of amides is 1. The second-order valence-electron chi connectivity index (χ2n) is 7.09. The molecule has 0 spiro atoms. The molecule has 27 heavy (non-hydrogen) atoms. The maximum Gasteiger partial charge on any atom is 0.305 e. The van der Waals surface area contributed by atoms with E-state index in [-0.39, 0.29) is 24.7 Å². The van der Waals surface area contributed by atoms with Crippen molar-refractivity contribution in [3.05, 3.63) is 71.8 Å². The highest BCUT2D eigenvalue weighted by molar-refractivity contribution is 5.79. The van der Waals surface area contributed by atoms with E-state index in [4.69, 9.17) is 4.74 Å². The fourth-order valence-corrected chi connectivity index (χ4v) is 3.73. The smallest absolute Gasteiger partial charge is 0.305 e. The molecule has 0 saturated carbocycles. The van der Waals surface area contributed by atoms with Gasteiger partial charge in [-0.3, -0.25) is 9.59 Å². The molecule has 0 aromatic heterocycles. The number of benzene rings is 2. The van der Waals surface area contributed by atoms with Gasteiger partial charge in [0.15, 0.2) is 0 Å². The molecule has 5 heteroatoms. The monoisotopic (exact) mass is 367 g/mol. The molecule has 2 aromatic rings. The summed E-state index contributed by atoms with van der Waals surface area (Å²) in [6.45, 7) is 0.933. The van der Waals surface area contributed by atoms with Gasteiger partial charge in [-0.05, 0) is 24.0 Å². The number of hydrogen-bond donors (Lipinski definition) is 2. The minimum absolute atomic E-state index is 0.0749. The molecule has 0 aliphatic carbocycles. The second-order valence-corrected chi connectivity index (χ2v) is 7.09. The van der Waals surface area contributed by atoms with E-state index in [0.29, 0.717) is 26.1 Å². The number of rotatable bonds is 7. The molecule has 1 fully saturated rings. The molecule has 0 bridgehead atoms. The zero-order valence-corrected chi connectivity index (χ0v) is 15.3. The van der Waals surface area contributed by atoms with Gasteiger partial charge in [-0.1, -0.05) is 60.7 Å². The number of hydrogen-bond acceptors (Lipinski definition) is 3. The highest BCUT2D eigenvalue weighted by atomic mass is 16.5. The molecule has 2 aromatic carbocycles. The molecule has 1 saturated heterocycles. The molecule has 0 radical (unpaired) electrons. The van der Waals surface area contributed by atoms with E-state index in [9.17, 15) is 14.7 Å². The summed E-state index contributed by atoms with van der Waals surface area (Å²) in [7, 11) is 0. The number of ether oxygens (including phenoxy) is 1. The van der Waals surface area contributed by atoms with Gasteiger partial charge >= 0.3 is 5.97 Å². The lowest BCUT2D eigenvalue weighted by molar-refractivity contribution is -0.140. The maximum absolute atomic E-state index is 12.9. The van der Waals surface area contributed by atoms with Crippen LogP contribution in [0.15, 0.2) is 60.7 Å². The molecule has 5 nitrogen and oxygen atoms in total. The third kappa shape index (κ3) is 5.17. The molecule has 142 valence electrons. The predicted molar refractivity (Wildman–Crippen MR) is 103 cm³/mol. The summed E-state index contributed by atoms with van der Waals surface area (Å²) in [5.41, 5.74) is 1.41. The first kappa shape index (κ1) is 19.1. The first-order chi connectivity index (χ1) is 13.1. The molecule has 3 rings (SSSR count). The zero-order chi connectivity index (χ0) is 19.1. The van der Waals surface area contributed by atoms with Crippen LogP contribution >= 0.6 is 0 Å². The molecule has 0 atom stereocenters. The molecule has 1 heterocycles. The Morgan fingerprint density at radius 1 is 0.963 bits per heavy atom. The summed E-state index contributed by atoms with van der Waals surface area (Å²) in [6.07, 6.45) is 1.23. The van der Waals surface area contributed by atoms with Crippen molar-refractivity contribution >= 4 is 11.9 Å². The highest BCUT2D eigenvalue weighted by Gasteiger charge is 2.36. The quantitative estimate of drug-likeness (QED) is 0.787. The largest absolute Gasteiger partial charge is 0.481 e. The highest BCUT2D eigenvalue weighted by Crippen LogP contribution is 2.30. The lowest BCUT2D eigenvalue weighted by Crippen LogP contribution is -2.53. The fraction of sp³-hybridized carbons (Fsp3) is 0.364. The minimum Gasteiger partial charge on any atom is -0.481 e. The van der Waals surface area contributed by atoms with Crippen LogP contribution in [0.2, 0.25) is 0 Å². The van der Waals surface area contributed by atoms with Crippen molar-refractivity contribution in [2.24, 2.45) is 0 Å². The first-order valence-electron chi connectivity index (χ1n) is 9.28. The van der Waals surface area contributed by atoms with Crippen LogP contribution in [-0.4, -0.2) is 35.7 Å². The SMILES string of the molecule is O=C(O)CC1(NC(=O)CC(c2ccccc2)c2ccccc2)CCOCC1. The number of nitrogens with one attached hydrogen (secondary N) is 1. The molecular formula is C22H25NO4. The van der Waals surface area contributed by atoms with Crippen molar-refractivity contribution in [2.75, 3.05) is 13.2 Å². The van der Waals surface area contributed by atoms with Crippen LogP contribution in [0.5, 0.6) is 0 Å². The zero-order valence-electron chi connectivity index (χ0n) is 15.3. The lowest BCUT2D eigenvalue weighted by atomic mass is 9.84. The Morgan fingerprint density at radius 2 is 1.48 bits per heavy atom. The van der Waals surface area contributed by atoms with Gasteiger partial charge in [-0.15, -0.1) is 0 Å². The van der Waals surface area contributed by atoms with Crippen molar-refractivity contribution in [2.45, 2.75) is 37.1 Å². The lowest BCUT2D eigenvalue weighted by Gasteiger charge is -2.37. The third-order valence-electron chi connectivity index (χ3n) is 5.14. The van der Waals surface area contributed by atoms with Crippen LogP contribution < -0.4 is 5.32 Å². The molecule has 0 unspecified atom stereocenters. The van der Waals surface area contributed by atoms with Crippen molar-refractivity contribution < 1.29 is 19.4 Å². The molecule has 1 amide bonds. The summed E-state index contributed by atoms with van der Waals surface area (Å²) in [6, 6.07) is 19.9. The van der Waals surface area contributed by atoms with Gasteiger partial charge in [0.25, 0.3) is 0 Å². The molecule has 2 N–H and O–H groups in total. The Labute approximate surface area is 159 Å². The molecule has 1 aliphatic rings. The van der Waals surface area contributed by atoms with Crippen LogP contribution in [0, 0.1) is 0 Å². The van der Waals surface area contributed by atoms with Crippen LogP contribution in [0.1, 0.15) is 42.7 Å². The summed E-state index contributed by atoms with van der Waals surface area (Å²) >= 11 is 0. The van der Waals surface area contributed by atoms with E-state index < -0.39 is 11.5 Å². The first-order valence-corrected chi connectivity index (χ1v) is 9.28. The second kappa shape index (κ2) is 8.82. The summed E-state index contributed by atoms with van der Waals surface area (Å²) in [5.74, 6) is -1.11. The molecular weight excluding hydrogens is 342 g/mol. The van der Waals surface area contributed by atoms with Crippen molar-refractivity contribution in [3.8, 4) is 0 Å². The summed E-state index contributed by atoms with van der Waals surface area (Å²) in [5, 5.41) is 12.3.